The average Bonchev–Trinajstić information content (AvgIpc) is 3.11. The lowest BCUT2D eigenvalue weighted by atomic mass is 10.1. The van der Waals surface area contributed by atoms with Crippen molar-refractivity contribution in [3.63, 3.8) is 0 Å². The zero-order valence-electron chi connectivity index (χ0n) is 14.1. The van der Waals surface area contributed by atoms with Crippen LogP contribution in [0.2, 0.25) is 0 Å². The highest BCUT2D eigenvalue weighted by molar-refractivity contribution is 5.64. The largest absolute Gasteiger partial charge is 0.278 e. The lowest BCUT2D eigenvalue weighted by molar-refractivity contribution is 0.644. The Labute approximate surface area is 149 Å². The normalized spacial score (nSPS) is 10.8. The van der Waals surface area contributed by atoms with Gasteiger partial charge in [-0.1, -0.05) is 30.3 Å². The van der Waals surface area contributed by atoms with Crippen molar-refractivity contribution in [1.29, 1.82) is 0 Å². The zero-order chi connectivity index (χ0) is 17.9. The van der Waals surface area contributed by atoms with Crippen molar-refractivity contribution in [2.24, 2.45) is 7.05 Å². The Morgan fingerprint density at radius 3 is 2.50 bits per heavy atom. The maximum atomic E-state index is 13.0. The molecule has 1 aromatic carbocycles. The fourth-order valence-electron chi connectivity index (χ4n) is 2.70. The van der Waals surface area contributed by atoms with Gasteiger partial charge in [-0.2, -0.15) is 10.2 Å². The highest BCUT2D eigenvalue weighted by atomic mass is 16.1. The second kappa shape index (κ2) is 6.72. The van der Waals surface area contributed by atoms with Crippen LogP contribution in [0.1, 0.15) is 5.56 Å². The summed E-state index contributed by atoms with van der Waals surface area (Å²) >= 11 is 0. The van der Waals surface area contributed by atoms with Crippen LogP contribution in [-0.2, 0) is 13.6 Å². The van der Waals surface area contributed by atoms with Gasteiger partial charge < -0.3 is 0 Å². The molecular formula is C19H16N6O. The molecule has 128 valence electrons. The summed E-state index contributed by atoms with van der Waals surface area (Å²) in [6.45, 7) is 0.369. The van der Waals surface area contributed by atoms with E-state index in [0.29, 0.717) is 23.6 Å². The summed E-state index contributed by atoms with van der Waals surface area (Å²) in [5.74, 6) is 0.381. The molecule has 0 saturated heterocycles. The third-order valence-electron chi connectivity index (χ3n) is 3.96. The van der Waals surface area contributed by atoms with Crippen molar-refractivity contribution >= 4 is 0 Å². The molecule has 0 N–H and O–H groups in total. The number of hydrogen-bond donors (Lipinski definition) is 0. The molecular weight excluding hydrogens is 328 g/mol. The van der Waals surface area contributed by atoms with E-state index in [1.54, 1.807) is 35.4 Å². The van der Waals surface area contributed by atoms with Crippen LogP contribution in [0.4, 0.5) is 0 Å². The molecule has 3 heterocycles. The number of rotatable bonds is 4. The summed E-state index contributed by atoms with van der Waals surface area (Å²) in [5.41, 5.74) is 2.65. The molecule has 0 fully saturated rings. The SMILES string of the molecule is Cn1cc(-c2cc(-c3ncccn3)c(=O)n(Cc3ccccc3)n2)cn1. The van der Waals surface area contributed by atoms with Crippen LogP contribution in [0, 0.1) is 0 Å². The molecule has 0 aliphatic carbocycles. The van der Waals surface area contributed by atoms with E-state index in [-0.39, 0.29) is 5.56 Å². The molecule has 0 bridgehead atoms. The minimum Gasteiger partial charge on any atom is -0.275 e. The number of nitrogens with zero attached hydrogens (tertiary/aromatic N) is 6. The van der Waals surface area contributed by atoms with Crippen molar-refractivity contribution in [3.8, 4) is 22.6 Å². The lowest BCUT2D eigenvalue weighted by Gasteiger charge is -2.09. The van der Waals surface area contributed by atoms with Gasteiger partial charge in [-0.25, -0.2) is 14.6 Å². The van der Waals surface area contributed by atoms with Gasteiger partial charge in [0.15, 0.2) is 5.82 Å². The predicted octanol–water partition coefficient (Wildman–Crippen LogP) is 2.15. The maximum absolute atomic E-state index is 13.0. The standard InChI is InChI=1S/C19H16N6O/c1-24-13-15(11-22-24)17-10-16(18-20-8-5-9-21-18)19(26)25(23-17)12-14-6-3-2-4-7-14/h2-11,13H,12H2,1H3. The molecule has 4 aromatic rings. The molecule has 26 heavy (non-hydrogen) atoms. The molecule has 0 unspecified atom stereocenters. The van der Waals surface area contributed by atoms with Gasteiger partial charge in [0.05, 0.1) is 24.0 Å². The summed E-state index contributed by atoms with van der Waals surface area (Å²) in [6.07, 6.45) is 6.81. The van der Waals surface area contributed by atoms with Crippen LogP contribution in [-0.4, -0.2) is 29.5 Å². The first kappa shape index (κ1) is 15.9. The van der Waals surface area contributed by atoms with Crippen molar-refractivity contribution in [2.45, 2.75) is 6.54 Å². The van der Waals surface area contributed by atoms with Gasteiger partial charge >= 0.3 is 0 Å². The highest BCUT2D eigenvalue weighted by Gasteiger charge is 2.14. The minimum atomic E-state index is -0.229. The summed E-state index contributed by atoms with van der Waals surface area (Å²) in [4.78, 5) is 21.4. The van der Waals surface area contributed by atoms with Gasteiger partial charge in [0.1, 0.15) is 0 Å². The Hall–Kier alpha value is -3.61. The van der Waals surface area contributed by atoms with Gasteiger partial charge in [-0.3, -0.25) is 9.48 Å². The van der Waals surface area contributed by atoms with Crippen LogP contribution in [0.5, 0.6) is 0 Å². The van der Waals surface area contributed by atoms with Crippen LogP contribution in [0.25, 0.3) is 22.6 Å². The van der Waals surface area contributed by atoms with Crippen LogP contribution < -0.4 is 5.56 Å². The third-order valence-corrected chi connectivity index (χ3v) is 3.96. The summed E-state index contributed by atoms with van der Waals surface area (Å²) in [5, 5.41) is 8.72. The van der Waals surface area contributed by atoms with E-state index in [1.807, 2.05) is 43.6 Å². The highest BCUT2D eigenvalue weighted by Crippen LogP contribution is 2.19. The molecule has 0 radical (unpaired) electrons. The van der Waals surface area contributed by atoms with E-state index < -0.39 is 0 Å². The number of aromatic nitrogens is 6. The average molecular weight is 344 g/mol. The molecule has 4 rings (SSSR count). The Morgan fingerprint density at radius 2 is 1.81 bits per heavy atom. The second-order valence-electron chi connectivity index (χ2n) is 5.87. The first-order valence-electron chi connectivity index (χ1n) is 8.13. The molecule has 0 amide bonds. The van der Waals surface area contributed by atoms with Gasteiger partial charge in [0, 0.05) is 31.2 Å². The molecule has 3 aromatic heterocycles. The fourth-order valence-corrected chi connectivity index (χ4v) is 2.70. The van der Waals surface area contributed by atoms with Gasteiger partial charge in [0.25, 0.3) is 5.56 Å². The van der Waals surface area contributed by atoms with E-state index in [2.05, 4.69) is 20.2 Å². The van der Waals surface area contributed by atoms with Crippen LogP contribution >= 0.6 is 0 Å². The van der Waals surface area contributed by atoms with Crippen molar-refractivity contribution in [2.75, 3.05) is 0 Å². The molecule has 0 saturated carbocycles. The van der Waals surface area contributed by atoms with Crippen molar-refractivity contribution < 1.29 is 0 Å². The second-order valence-corrected chi connectivity index (χ2v) is 5.87. The van der Waals surface area contributed by atoms with Gasteiger partial charge in [-0.15, -0.1) is 0 Å². The first-order valence-corrected chi connectivity index (χ1v) is 8.13. The molecule has 0 aliphatic heterocycles. The quantitative estimate of drug-likeness (QED) is 0.567. The van der Waals surface area contributed by atoms with E-state index in [0.717, 1.165) is 11.1 Å². The maximum Gasteiger partial charge on any atom is 0.278 e. The Kier molecular flexibility index (Phi) is 4.10. The smallest absolute Gasteiger partial charge is 0.275 e. The summed E-state index contributed by atoms with van der Waals surface area (Å²) < 4.78 is 3.14. The Balaban J connectivity index is 1.88. The fraction of sp³-hybridized carbons (Fsp3) is 0.105. The molecule has 0 aliphatic rings. The monoisotopic (exact) mass is 344 g/mol. The van der Waals surface area contributed by atoms with E-state index >= 15 is 0 Å². The van der Waals surface area contributed by atoms with Crippen molar-refractivity contribution in [3.05, 3.63) is 83.2 Å². The third kappa shape index (κ3) is 3.14. The predicted molar refractivity (Wildman–Crippen MR) is 97.3 cm³/mol. The van der Waals surface area contributed by atoms with Crippen LogP contribution in [0.3, 0.4) is 0 Å². The van der Waals surface area contributed by atoms with E-state index in [1.165, 1.54) is 4.68 Å². The van der Waals surface area contributed by atoms with Gasteiger partial charge in [0.2, 0.25) is 0 Å². The zero-order valence-corrected chi connectivity index (χ0v) is 14.1. The molecule has 0 spiro atoms. The number of benzene rings is 1. The molecule has 0 atom stereocenters. The Morgan fingerprint density at radius 1 is 1.04 bits per heavy atom. The summed E-state index contributed by atoms with van der Waals surface area (Å²) in [7, 11) is 1.84. The van der Waals surface area contributed by atoms with Gasteiger partial charge in [-0.05, 0) is 17.7 Å². The number of aryl methyl sites for hydroxylation is 1. The van der Waals surface area contributed by atoms with Crippen molar-refractivity contribution in [1.82, 2.24) is 29.5 Å². The molecule has 7 nitrogen and oxygen atoms in total. The van der Waals surface area contributed by atoms with Crippen LogP contribution in [0.15, 0.2) is 72.0 Å². The number of hydrogen-bond acceptors (Lipinski definition) is 5. The topological polar surface area (TPSA) is 78.5 Å². The van der Waals surface area contributed by atoms with E-state index in [4.69, 9.17) is 0 Å². The first-order chi connectivity index (χ1) is 12.7. The Bertz CT molecular complexity index is 1090. The summed E-state index contributed by atoms with van der Waals surface area (Å²) in [6, 6.07) is 13.2. The lowest BCUT2D eigenvalue weighted by Crippen LogP contribution is -2.26. The molecule has 7 heteroatoms. The minimum absolute atomic E-state index is 0.229. The van der Waals surface area contributed by atoms with E-state index in [9.17, 15) is 4.79 Å².